The molecule has 0 fully saturated rings. The van der Waals surface area contributed by atoms with Crippen LogP contribution in [0.15, 0.2) is 140 Å². The SMILES string of the molecule is [C-]1=CC=CC1.[Cl-].[Cl-].[Zr+3].c1ccc(-c2[pH]c(-c3ccccc3)c(-c3ccccc3)c2-c2ccccc2)cc1. The van der Waals surface area contributed by atoms with Crippen molar-refractivity contribution < 1.29 is 51.0 Å². The Balaban J connectivity index is 0.000000542. The Bertz CT molecular complexity index is 1290. The van der Waals surface area contributed by atoms with Crippen LogP contribution in [0.25, 0.3) is 44.0 Å². The molecule has 0 saturated heterocycles. The van der Waals surface area contributed by atoms with Gasteiger partial charge in [-0.05, 0) is 22.3 Å². The summed E-state index contributed by atoms with van der Waals surface area (Å²) in [5.74, 6) is 0. The minimum absolute atomic E-state index is 0. The molecule has 1 radical (unpaired) electrons. The molecule has 0 aliphatic heterocycles. The van der Waals surface area contributed by atoms with Crippen molar-refractivity contribution in [2.45, 2.75) is 6.42 Å². The van der Waals surface area contributed by atoms with E-state index >= 15 is 0 Å². The minimum Gasteiger partial charge on any atom is -1.00 e. The van der Waals surface area contributed by atoms with Gasteiger partial charge in [0.25, 0.3) is 0 Å². The maximum absolute atomic E-state index is 2.99. The van der Waals surface area contributed by atoms with Crippen molar-refractivity contribution in [1.82, 2.24) is 0 Å². The minimum atomic E-state index is 0. The summed E-state index contributed by atoms with van der Waals surface area (Å²) < 4.78 is 0. The molecule has 37 heavy (non-hydrogen) atoms. The van der Waals surface area contributed by atoms with Gasteiger partial charge in [-0.25, -0.2) is 12.2 Å². The smallest absolute Gasteiger partial charge is 1.00 e. The third-order valence-electron chi connectivity index (χ3n) is 5.84. The molecule has 0 unspecified atom stereocenters. The van der Waals surface area contributed by atoms with Crippen LogP contribution in [0.5, 0.6) is 0 Å². The largest absolute Gasteiger partial charge is 3.00 e. The predicted octanol–water partition coefficient (Wildman–Crippen LogP) is 3.70. The second kappa shape index (κ2) is 15.8. The van der Waals surface area contributed by atoms with Crippen LogP contribution in [-0.4, -0.2) is 0 Å². The summed E-state index contributed by atoms with van der Waals surface area (Å²) in [5, 5.41) is 2.85. The van der Waals surface area contributed by atoms with E-state index in [0.29, 0.717) is 8.19 Å². The van der Waals surface area contributed by atoms with Gasteiger partial charge in [-0.2, -0.15) is 6.08 Å². The second-order valence-corrected chi connectivity index (χ2v) is 9.34. The third-order valence-corrected chi connectivity index (χ3v) is 7.41. The number of rotatable bonds is 4. The van der Waals surface area contributed by atoms with Crippen LogP contribution >= 0.6 is 8.19 Å². The number of hydrogen-bond donors (Lipinski definition) is 0. The fraction of sp³-hybridized carbons (Fsp3) is 0.0303. The number of halogens is 2. The van der Waals surface area contributed by atoms with Crippen LogP contribution in [0.3, 0.4) is 0 Å². The van der Waals surface area contributed by atoms with Gasteiger partial charge >= 0.3 is 26.2 Å². The first-order valence-electron chi connectivity index (χ1n) is 11.6. The quantitative estimate of drug-likeness (QED) is 0.271. The van der Waals surface area contributed by atoms with Gasteiger partial charge in [-0.15, -0.1) is 14.6 Å². The first-order chi connectivity index (χ1) is 16.9. The Kier molecular flexibility index (Phi) is 13.1. The average Bonchev–Trinajstić information content (AvgIpc) is 3.63. The fourth-order valence-electron chi connectivity index (χ4n) is 4.27. The van der Waals surface area contributed by atoms with Crippen molar-refractivity contribution in [1.29, 1.82) is 0 Å². The molecule has 1 aliphatic carbocycles. The van der Waals surface area contributed by atoms with E-state index < -0.39 is 0 Å². The average molecular weight is 616 g/mol. The van der Waals surface area contributed by atoms with Crippen molar-refractivity contribution in [2.75, 3.05) is 0 Å². The molecule has 0 nitrogen and oxygen atoms in total. The molecule has 181 valence electrons. The van der Waals surface area contributed by atoms with E-state index in [2.05, 4.69) is 133 Å². The second-order valence-electron chi connectivity index (χ2n) is 8.09. The Morgan fingerprint density at radius 1 is 0.486 bits per heavy atom. The summed E-state index contributed by atoms with van der Waals surface area (Å²) in [6, 6.07) is 43.4. The van der Waals surface area contributed by atoms with E-state index in [1.807, 2.05) is 12.2 Å². The van der Waals surface area contributed by atoms with Gasteiger partial charge in [0.2, 0.25) is 0 Å². The summed E-state index contributed by atoms with van der Waals surface area (Å²) in [4.78, 5) is 0. The molecule has 6 rings (SSSR count). The van der Waals surface area contributed by atoms with Crippen molar-refractivity contribution >= 4 is 8.19 Å². The van der Waals surface area contributed by atoms with Crippen LogP contribution in [0.1, 0.15) is 6.42 Å². The predicted molar refractivity (Wildman–Crippen MR) is 149 cm³/mol. The van der Waals surface area contributed by atoms with E-state index in [1.165, 1.54) is 44.0 Å². The van der Waals surface area contributed by atoms with Gasteiger partial charge in [0.05, 0.1) is 0 Å². The summed E-state index contributed by atoms with van der Waals surface area (Å²) in [6.45, 7) is 0. The Morgan fingerprint density at radius 2 is 0.838 bits per heavy atom. The molecule has 4 aromatic carbocycles. The summed E-state index contributed by atoms with van der Waals surface area (Å²) in [7, 11) is 0.617. The molecule has 0 saturated carbocycles. The first kappa shape index (κ1) is 30.8. The first-order valence-corrected chi connectivity index (χ1v) is 12.6. The normalized spacial score (nSPS) is 10.8. The molecule has 0 spiro atoms. The van der Waals surface area contributed by atoms with Gasteiger partial charge in [0, 0.05) is 21.7 Å². The number of allylic oxidation sites excluding steroid dienone is 4. The van der Waals surface area contributed by atoms with Crippen LogP contribution in [0.4, 0.5) is 0 Å². The molecule has 5 aromatic rings. The maximum atomic E-state index is 2.99. The van der Waals surface area contributed by atoms with E-state index in [4.69, 9.17) is 0 Å². The maximum Gasteiger partial charge on any atom is 3.00 e. The molecule has 1 aromatic heterocycles. The van der Waals surface area contributed by atoms with Crippen molar-refractivity contribution in [3.63, 3.8) is 0 Å². The number of benzene rings is 4. The molecule has 1 heterocycles. The summed E-state index contributed by atoms with van der Waals surface area (Å²) >= 11 is 0. The van der Waals surface area contributed by atoms with Gasteiger partial charge in [-0.3, -0.25) is 6.08 Å². The molecule has 0 N–H and O–H groups in total. The molecular formula is C33H26Cl2PZr. The zero-order valence-corrected chi connectivity index (χ0v) is 25.2. The zero-order chi connectivity index (χ0) is 23.0. The van der Waals surface area contributed by atoms with Crippen molar-refractivity contribution in [3.05, 3.63) is 146 Å². The van der Waals surface area contributed by atoms with E-state index in [9.17, 15) is 0 Å². The van der Waals surface area contributed by atoms with Crippen LogP contribution in [0.2, 0.25) is 0 Å². The summed E-state index contributed by atoms with van der Waals surface area (Å²) in [6.07, 6.45) is 10.0. The number of hydrogen-bond acceptors (Lipinski definition) is 0. The zero-order valence-electron chi connectivity index (χ0n) is 20.2. The molecular weight excluding hydrogens is 589 g/mol. The monoisotopic (exact) mass is 613 g/mol. The van der Waals surface area contributed by atoms with Gasteiger partial charge in [-0.1, -0.05) is 121 Å². The molecule has 4 heteroatoms. The van der Waals surface area contributed by atoms with Crippen LogP contribution < -0.4 is 24.8 Å². The van der Waals surface area contributed by atoms with Crippen molar-refractivity contribution in [3.8, 4) is 44.0 Å². The standard InChI is InChI=1S/C28H21P.C5H5.2ClH.Zr/c1-5-13-21(14-6-1)25-26(22-15-7-2-8-16-22)28(24-19-11-4-12-20-24)29-27(25)23-17-9-3-10-18-23;1-2-4-5-3-1;;;/h1-20,29H;1-3H,4H2;2*1H;/q;-1;;;+3/p-2. The Labute approximate surface area is 253 Å². The van der Waals surface area contributed by atoms with Crippen LogP contribution in [0, 0.1) is 6.08 Å². The molecule has 0 atom stereocenters. The Morgan fingerprint density at radius 3 is 1.11 bits per heavy atom. The van der Waals surface area contributed by atoms with Crippen LogP contribution in [-0.2, 0) is 26.2 Å². The summed E-state index contributed by atoms with van der Waals surface area (Å²) in [5.41, 5.74) is 7.90. The van der Waals surface area contributed by atoms with Crippen molar-refractivity contribution in [2.24, 2.45) is 0 Å². The third kappa shape index (κ3) is 7.57. The van der Waals surface area contributed by atoms with E-state index in [0.717, 1.165) is 6.42 Å². The topological polar surface area (TPSA) is 0 Å². The molecule has 0 bridgehead atoms. The van der Waals surface area contributed by atoms with Gasteiger partial charge in [0.15, 0.2) is 0 Å². The molecule has 0 amide bonds. The van der Waals surface area contributed by atoms with E-state index in [-0.39, 0.29) is 51.0 Å². The Hall–Kier alpha value is -2.40. The van der Waals surface area contributed by atoms with Gasteiger partial charge < -0.3 is 24.8 Å². The molecule has 1 aliphatic rings. The van der Waals surface area contributed by atoms with Gasteiger partial charge in [0.1, 0.15) is 0 Å². The van der Waals surface area contributed by atoms with E-state index in [1.54, 1.807) is 0 Å². The fourth-order valence-corrected chi connectivity index (χ4v) is 5.93.